The third kappa shape index (κ3) is 4.24. The maximum absolute atomic E-state index is 9.87. The molecule has 2 unspecified atom stereocenters. The fourth-order valence-corrected chi connectivity index (χ4v) is 1.49. The van der Waals surface area contributed by atoms with E-state index in [-0.39, 0.29) is 6.04 Å². The monoisotopic (exact) mass is 237 g/mol. The quantitative estimate of drug-likeness (QED) is 0.771. The summed E-state index contributed by atoms with van der Waals surface area (Å²) in [7, 11) is 0. The van der Waals surface area contributed by atoms with E-state index < -0.39 is 6.10 Å². The van der Waals surface area contributed by atoms with Gasteiger partial charge in [0.1, 0.15) is 0 Å². The van der Waals surface area contributed by atoms with Gasteiger partial charge in [0.2, 0.25) is 0 Å². The Hall–Kier alpha value is -1.01. The summed E-state index contributed by atoms with van der Waals surface area (Å²) < 4.78 is 0. The SMILES string of the molecule is C#CCC(C)NCC(O)c1ccc(Cl)cc1. The van der Waals surface area contributed by atoms with Gasteiger partial charge in [0.25, 0.3) is 0 Å². The summed E-state index contributed by atoms with van der Waals surface area (Å²) in [4.78, 5) is 0. The molecule has 0 heterocycles. The number of aliphatic hydroxyl groups excluding tert-OH is 1. The molecule has 0 radical (unpaired) electrons. The minimum absolute atomic E-state index is 0.215. The van der Waals surface area contributed by atoms with E-state index in [1.165, 1.54) is 0 Å². The van der Waals surface area contributed by atoms with Gasteiger partial charge in [0.05, 0.1) is 6.10 Å². The Balaban J connectivity index is 2.44. The highest BCUT2D eigenvalue weighted by molar-refractivity contribution is 6.30. The maximum atomic E-state index is 9.87. The van der Waals surface area contributed by atoms with Gasteiger partial charge >= 0.3 is 0 Å². The van der Waals surface area contributed by atoms with Gasteiger partial charge in [-0.3, -0.25) is 0 Å². The van der Waals surface area contributed by atoms with Crippen LogP contribution < -0.4 is 5.32 Å². The summed E-state index contributed by atoms with van der Waals surface area (Å²) in [5, 5.41) is 13.7. The van der Waals surface area contributed by atoms with Crippen molar-refractivity contribution in [3.63, 3.8) is 0 Å². The predicted molar refractivity (Wildman–Crippen MR) is 67.3 cm³/mol. The average molecular weight is 238 g/mol. The molecule has 1 aromatic carbocycles. The van der Waals surface area contributed by atoms with E-state index in [0.29, 0.717) is 18.0 Å². The van der Waals surface area contributed by atoms with Crippen LogP contribution in [0, 0.1) is 12.3 Å². The van der Waals surface area contributed by atoms with E-state index >= 15 is 0 Å². The second-order valence-corrected chi connectivity index (χ2v) is 4.22. The molecule has 0 saturated heterocycles. The van der Waals surface area contributed by atoms with E-state index in [1.807, 2.05) is 19.1 Å². The molecule has 86 valence electrons. The predicted octanol–water partition coefficient (Wildman–Crippen LogP) is 2.37. The summed E-state index contributed by atoms with van der Waals surface area (Å²) in [6.45, 7) is 2.49. The Morgan fingerprint density at radius 3 is 2.62 bits per heavy atom. The van der Waals surface area contributed by atoms with Gasteiger partial charge in [-0.2, -0.15) is 0 Å². The highest BCUT2D eigenvalue weighted by Gasteiger charge is 2.08. The van der Waals surface area contributed by atoms with Gasteiger partial charge in [-0.25, -0.2) is 0 Å². The molecule has 0 amide bonds. The molecule has 2 nitrogen and oxygen atoms in total. The van der Waals surface area contributed by atoms with Crippen molar-refractivity contribution < 1.29 is 5.11 Å². The van der Waals surface area contributed by atoms with Crippen LogP contribution in [-0.2, 0) is 0 Å². The largest absolute Gasteiger partial charge is 0.387 e. The number of hydrogen-bond acceptors (Lipinski definition) is 2. The maximum Gasteiger partial charge on any atom is 0.0914 e. The summed E-state index contributed by atoms with van der Waals surface area (Å²) in [6.07, 6.45) is 5.33. The normalized spacial score (nSPS) is 14.1. The van der Waals surface area contributed by atoms with Crippen molar-refractivity contribution in [2.45, 2.75) is 25.5 Å². The number of halogens is 1. The van der Waals surface area contributed by atoms with Gasteiger partial charge in [0, 0.05) is 24.0 Å². The molecule has 0 aliphatic carbocycles. The summed E-state index contributed by atoms with van der Waals surface area (Å²) >= 11 is 5.77. The van der Waals surface area contributed by atoms with Crippen molar-refractivity contribution in [2.24, 2.45) is 0 Å². The topological polar surface area (TPSA) is 32.3 Å². The highest BCUT2D eigenvalue weighted by Crippen LogP contribution is 2.15. The molecule has 2 atom stereocenters. The molecule has 3 heteroatoms. The molecule has 0 saturated carbocycles. The minimum atomic E-state index is -0.530. The van der Waals surface area contributed by atoms with Crippen molar-refractivity contribution in [1.82, 2.24) is 5.32 Å². The van der Waals surface area contributed by atoms with Gasteiger partial charge < -0.3 is 10.4 Å². The molecule has 0 aromatic heterocycles. The lowest BCUT2D eigenvalue weighted by Gasteiger charge is -2.15. The summed E-state index contributed by atoms with van der Waals surface area (Å²) in [5.74, 6) is 2.58. The molecule has 0 spiro atoms. The number of terminal acetylenes is 1. The van der Waals surface area contributed by atoms with Crippen LogP contribution in [-0.4, -0.2) is 17.7 Å². The smallest absolute Gasteiger partial charge is 0.0914 e. The van der Waals surface area contributed by atoms with Gasteiger partial charge in [-0.1, -0.05) is 23.7 Å². The van der Waals surface area contributed by atoms with E-state index in [0.717, 1.165) is 5.56 Å². The molecule has 1 rings (SSSR count). The zero-order valence-electron chi connectivity index (χ0n) is 9.28. The lowest BCUT2D eigenvalue weighted by atomic mass is 10.1. The lowest BCUT2D eigenvalue weighted by molar-refractivity contribution is 0.171. The third-order valence-electron chi connectivity index (χ3n) is 2.34. The first-order valence-electron chi connectivity index (χ1n) is 5.24. The van der Waals surface area contributed by atoms with Crippen molar-refractivity contribution in [3.8, 4) is 12.3 Å². The zero-order chi connectivity index (χ0) is 12.0. The standard InChI is InChI=1S/C13H16ClNO/c1-3-4-10(2)15-9-13(16)11-5-7-12(14)8-6-11/h1,5-8,10,13,15-16H,4,9H2,2H3. The molecular weight excluding hydrogens is 222 g/mol. The van der Waals surface area contributed by atoms with Crippen molar-refractivity contribution >= 4 is 11.6 Å². The van der Waals surface area contributed by atoms with Crippen LogP contribution in [0.4, 0.5) is 0 Å². The number of aliphatic hydroxyl groups is 1. The van der Waals surface area contributed by atoms with Crippen molar-refractivity contribution in [1.29, 1.82) is 0 Å². The Morgan fingerprint density at radius 2 is 2.06 bits per heavy atom. The number of rotatable bonds is 5. The molecule has 16 heavy (non-hydrogen) atoms. The fraction of sp³-hybridized carbons (Fsp3) is 0.385. The molecule has 0 aliphatic heterocycles. The van der Waals surface area contributed by atoms with E-state index in [9.17, 15) is 5.11 Å². The summed E-state index contributed by atoms with van der Waals surface area (Å²) in [5.41, 5.74) is 0.852. The molecule has 2 N–H and O–H groups in total. The van der Waals surface area contributed by atoms with Crippen molar-refractivity contribution in [3.05, 3.63) is 34.9 Å². The van der Waals surface area contributed by atoms with E-state index in [1.54, 1.807) is 12.1 Å². The fourth-order valence-electron chi connectivity index (χ4n) is 1.36. The minimum Gasteiger partial charge on any atom is -0.387 e. The van der Waals surface area contributed by atoms with Gasteiger partial charge in [0.15, 0.2) is 0 Å². The molecular formula is C13H16ClNO. The Kier molecular flexibility index (Phi) is 5.34. The van der Waals surface area contributed by atoms with E-state index in [2.05, 4.69) is 11.2 Å². The van der Waals surface area contributed by atoms with Gasteiger partial charge in [-0.15, -0.1) is 12.3 Å². The van der Waals surface area contributed by atoms with Crippen LogP contribution >= 0.6 is 11.6 Å². The first-order chi connectivity index (χ1) is 7.63. The van der Waals surface area contributed by atoms with Crippen LogP contribution in [0.25, 0.3) is 0 Å². The van der Waals surface area contributed by atoms with Gasteiger partial charge in [-0.05, 0) is 24.6 Å². The molecule has 0 fully saturated rings. The van der Waals surface area contributed by atoms with Crippen LogP contribution in [0.3, 0.4) is 0 Å². The van der Waals surface area contributed by atoms with Crippen LogP contribution in [0.2, 0.25) is 5.02 Å². The summed E-state index contributed by atoms with van der Waals surface area (Å²) in [6, 6.07) is 7.39. The highest BCUT2D eigenvalue weighted by atomic mass is 35.5. The molecule has 0 aliphatic rings. The first kappa shape index (κ1) is 13.1. The number of hydrogen-bond donors (Lipinski definition) is 2. The zero-order valence-corrected chi connectivity index (χ0v) is 10.0. The molecule has 0 bridgehead atoms. The van der Waals surface area contributed by atoms with Crippen LogP contribution in [0.5, 0.6) is 0 Å². The number of benzene rings is 1. The molecule has 1 aromatic rings. The Morgan fingerprint density at radius 1 is 1.44 bits per heavy atom. The van der Waals surface area contributed by atoms with E-state index in [4.69, 9.17) is 18.0 Å². The van der Waals surface area contributed by atoms with Crippen molar-refractivity contribution in [2.75, 3.05) is 6.54 Å². The third-order valence-corrected chi connectivity index (χ3v) is 2.59. The van der Waals surface area contributed by atoms with Crippen LogP contribution in [0.1, 0.15) is 25.0 Å². The second-order valence-electron chi connectivity index (χ2n) is 3.78. The lowest BCUT2D eigenvalue weighted by Crippen LogP contribution is -2.30. The number of nitrogens with one attached hydrogen (secondary N) is 1. The first-order valence-corrected chi connectivity index (χ1v) is 5.61. The Labute approximate surface area is 102 Å². The Bertz CT molecular complexity index is 355. The second kappa shape index (κ2) is 6.55. The average Bonchev–Trinajstić information content (AvgIpc) is 2.27. The van der Waals surface area contributed by atoms with Crippen LogP contribution in [0.15, 0.2) is 24.3 Å².